The molecule has 0 spiro atoms. The number of likely N-dealkylation sites (tertiary alicyclic amines) is 1. The van der Waals surface area contributed by atoms with Crippen molar-refractivity contribution in [3.05, 3.63) is 71.5 Å². The molecule has 0 aromatic heterocycles. The Balaban J connectivity index is 0.00000225. The van der Waals surface area contributed by atoms with Gasteiger partial charge >= 0.3 is 0 Å². The average molecular weight is 363 g/mol. The Bertz CT molecular complexity index is 710. The lowest BCUT2D eigenvalue weighted by molar-refractivity contribution is -0.131. The van der Waals surface area contributed by atoms with Crippen LogP contribution in [0.4, 0.5) is 4.39 Å². The molecule has 1 saturated heterocycles. The number of hydrogen-bond donors (Lipinski definition) is 1. The van der Waals surface area contributed by atoms with Gasteiger partial charge in [-0.3, -0.25) is 4.79 Å². The SMILES string of the molecule is CC(C(=O)N1C[C@@H](CN)[C@H](c2ccccc2)C1)c1ccccc1F.Cl. The van der Waals surface area contributed by atoms with E-state index < -0.39 is 5.92 Å². The number of halogens is 2. The van der Waals surface area contributed by atoms with Crippen LogP contribution >= 0.6 is 12.4 Å². The first-order valence-electron chi connectivity index (χ1n) is 8.40. The predicted molar refractivity (Wildman–Crippen MR) is 100 cm³/mol. The minimum absolute atomic E-state index is 0. The summed E-state index contributed by atoms with van der Waals surface area (Å²) in [5.74, 6) is -0.360. The smallest absolute Gasteiger partial charge is 0.229 e. The van der Waals surface area contributed by atoms with E-state index in [9.17, 15) is 9.18 Å². The molecule has 2 aromatic rings. The zero-order valence-electron chi connectivity index (χ0n) is 14.3. The molecule has 0 bridgehead atoms. The number of hydrogen-bond acceptors (Lipinski definition) is 2. The highest BCUT2D eigenvalue weighted by atomic mass is 35.5. The standard InChI is InChI=1S/C20H23FN2O.ClH/c1-14(17-9-5-6-10-19(17)21)20(24)23-12-16(11-22)18(13-23)15-7-3-2-4-8-15;/h2-10,14,16,18H,11-13,22H2,1H3;1H/t14?,16-,18+;/m1./s1. The Morgan fingerprint density at radius 3 is 2.44 bits per heavy atom. The van der Waals surface area contributed by atoms with Crippen LogP contribution in [-0.2, 0) is 4.79 Å². The molecule has 1 heterocycles. The van der Waals surface area contributed by atoms with E-state index in [0.29, 0.717) is 25.2 Å². The second kappa shape index (κ2) is 8.45. The summed E-state index contributed by atoms with van der Waals surface area (Å²) in [7, 11) is 0. The fourth-order valence-corrected chi connectivity index (χ4v) is 3.60. The quantitative estimate of drug-likeness (QED) is 0.904. The van der Waals surface area contributed by atoms with Gasteiger partial charge in [-0.15, -0.1) is 12.4 Å². The van der Waals surface area contributed by atoms with Crippen molar-refractivity contribution in [2.24, 2.45) is 11.7 Å². The molecule has 1 amide bonds. The second-order valence-corrected chi connectivity index (χ2v) is 6.50. The zero-order valence-corrected chi connectivity index (χ0v) is 15.1. The number of nitrogens with zero attached hydrogens (tertiary/aromatic N) is 1. The monoisotopic (exact) mass is 362 g/mol. The maximum atomic E-state index is 14.0. The van der Waals surface area contributed by atoms with Crippen molar-refractivity contribution < 1.29 is 9.18 Å². The van der Waals surface area contributed by atoms with Gasteiger partial charge in [0.15, 0.2) is 0 Å². The maximum Gasteiger partial charge on any atom is 0.229 e. The molecule has 1 fully saturated rings. The third-order valence-electron chi connectivity index (χ3n) is 5.03. The minimum Gasteiger partial charge on any atom is -0.341 e. The number of carbonyl (C=O) groups excluding carboxylic acids is 1. The fourth-order valence-electron chi connectivity index (χ4n) is 3.60. The average Bonchev–Trinajstić information content (AvgIpc) is 3.06. The maximum absolute atomic E-state index is 14.0. The molecule has 3 rings (SSSR count). The van der Waals surface area contributed by atoms with Crippen LogP contribution in [0.25, 0.3) is 0 Å². The van der Waals surface area contributed by atoms with Crippen molar-refractivity contribution in [3.63, 3.8) is 0 Å². The Kier molecular flexibility index (Phi) is 6.57. The molecule has 0 saturated carbocycles. The normalized spacial score (nSPS) is 20.8. The second-order valence-electron chi connectivity index (χ2n) is 6.50. The molecule has 3 atom stereocenters. The first-order valence-corrected chi connectivity index (χ1v) is 8.40. The molecule has 1 aliphatic rings. The Labute approximate surface area is 154 Å². The number of benzene rings is 2. The molecule has 25 heavy (non-hydrogen) atoms. The van der Waals surface area contributed by atoms with Gasteiger partial charge in [0.05, 0.1) is 5.92 Å². The molecule has 1 aliphatic heterocycles. The lowest BCUT2D eigenvalue weighted by Gasteiger charge is -2.21. The zero-order chi connectivity index (χ0) is 17.1. The van der Waals surface area contributed by atoms with Crippen LogP contribution in [0.1, 0.15) is 29.9 Å². The largest absolute Gasteiger partial charge is 0.341 e. The van der Waals surface area contributed by atoms with Crippen LogP contribution in [0.15, 0.2) is 54.6 Å². The van der Waals surface area contributed by atoms with Gasteiger partial charge in [0.25, 0.3) is 0 Å². The highest BCUT2D eigenvalue weighted by molar-refractivity contribution is 5.85. The summed E-state index contributed by atoms with van der Waals surface area (Å²) in [4.78, 5) is 14.7. The molecular formula is C20H24ClFN2O. The predicted octanol–water partition coefficient (Wildman–Crippen LogP) is 3.55. The van der Waals surface area contributed by atoms with Gasteiger partial charge in [0.2, 0.25) is 5.91 Å². The van der Waals surface area contributed by atoms with E-state index in [0.717, 1.165) is 0 Å². The Morgan fingerprint density at radius 2 is 1.80 bits per heavy atom. The molecule has 2 aromatic carbocycles. The summed E-state index contributed by atoms with van der Waals surface area (Å²) in [6, 6.07) is 16.7. The third kappa shape index (κ3) is 4.02. The van der Waals surface area contributed by atoms with E-state index in [1.54, 1.807) is 25.1 Å². The van der Waals surface area contributed by atoms with E-state index in [1.807, 2.05) is 23.1 Å². The van der Waals surface area contributed by atoms with Crippen molar-refractivity contribution in [3.8, 4) is 0 Å². The summed E-state index contributed by atoms with van der Waals surface area (Å²) in [5, 5.41) is 0. The molecule has 1 unspecified atom stereocenters. The number of rotatable bonds is 4. The first-order chi connectivity index (χ1) is 11.6. The Hall–Kier alpha value is -1.91. The van der Waals surface area contributed by atoms with Crippen molar-refractivity contribution in [1.82, 2.24) is 4.90 Å². The molecule has 2 N–H and O–H groups in total. The van der Waals surface area contributed by atoms with Gasteiger partial charge in [0.1, 0.15) is 5.82 Å². The molecular weight excluding hydrogens is 339 g/mol. The molecule has 0 radical (unpaired) electrons. The number of nitrogens with two attached hydrogens (primary N) is 1. The van der Waals surface area contributed by atoms with Gasteiger partial charge in [-0.2, -0.15) is 0 Å². The van der Waals surface area contributed by atoms with Crippen LogP contribution in [0.2, 0.25) is 0 Å². The van der Waals surface area contributed by atoms with E-state index in [-0.39, 0.29) is 36.0 Å². The van der Waals surface area contributed by atoms with Crippen LogP contribution in [0, 0.1) is 11.7 Å². The van der Waals surface area contributed by atoms with Crippen LogP contribution < -0.4 is 5.73 Å². The van der Waals surface area contributed by atoms with E-state index >= 15 is 0 Å². The van der Waals surface area contributed by atoms with Crippen molar-refractivity contribution in [1.29, 1.82) is 0 Å². The number of amides is 1. The van der Waals surface area contributed by atoms with Gasteiger partial charge in [-0.25, -0.2) is 4.39 Å². The fraction of sp³-hybridized carbons (Fsp3) is 0.350. The highest BCUT2D eigenvalue weighted by Crippen LogP contribution is 2.34. The van der Waals surface area contributed by atoms with Crippen LogP contribution in [0.5, 0.6) is 0 Å². The van der Waals surface area contributed by atoms with E-state index in [4.69, 9.17) is 5.73 Å². The molecule has 0 aliphatic carbocycles. The summed E-state index contributed by atoms with van der Waals surface area (Å²) < 4.78 is 14.0. The highest BCUT2D eigenvalue weighted by Gasteiger charge is 2.37. The lowest BCUT2D eigenvalue weighted by Crippen LogP contribution is -2.33. The van der Waals surface area contributed by atoms with Crippen molar-refractivity contribution in [2.45, 2.75) is 18.8 Å². The van der Waals surface area contributed by atoms with Gasteiger partial charge in [0, 0.05) is 19.0 Å². The van der Waals surface area contributed by atoms with Crippen molar-refractivity contribution in [2.75, 3.05) is 19.6 Å². The summed E-state index contributed by atoms with van der Waals surface area (Å²) >= 11 is 0. The number of carbonyl (C=O) groups is 1. The van der Waals surface area contributed by atoms with E-state index in [2.05, 4.69) is 12.1 Å². The first kappa shape index (κ1) is 19.4. The summed E-state index contributed by atoms with van der Waals surface area (Å²) in [6.07, 6.45) is 0. The van der Waals surface area contributed by atoms with Crippen LogP contribution in [-0.4, -0.2) is 30.4 Å². The van der Waals surface area contributed by atoms with Gasteiger partial charge in [-0.1, -0.05) is 48.5 Å². The van der Waals surface area contributed by atoms with Gasteiger partial charge < -0.3 is 10.6 Å². The third-order valence-corrected chi connectivity index (χ3v) is 5.03. The van der Waals surface area contributed by atoms with Crippen LogP contribution in [0.3, 0.4) is 0 Å². The Morgan fingerprint density at radius 1 is 1.16 bits per heavy atom. The molecule has 3 nitrogen and oxygen atoms in total. The minimum atomic E-state index is -0.487. The molecule has 134 valence electrons. The van der Waals surface area contributed by atoms with Crippen molar-refractivity contribution >= 4 is 18.3 Å². The molecule has 5 heteroatoms. The topological polar surface area (TPSA) is 46.3 Å². The lowest BCUT2D eigenvalue weighted by atomic mass is 9.89. The van der Waals surface area contributed by atoms with Gasteiger partial charge in [-0.05, 0) is 36.6 Å². The van der Waals surface area contributed by atoms with E-state index in [1.165, 1.54) is 11.6 Å². The summed E-state index contributed by atoms with van der Waals surface area (Å²) in [6.45, 7) is 3.59. The summed E-state index contributed by atoms with van der Waals surface area (Å²) in [5.41, 5.74) is 7.60.